The molecule has 0 aromatic heterocycles. The van der Waals surface area contributed by atoms with Gasteiger partial charge in [-0.05, 0) is 51.5 Å². The van der Waals surface area contributed by atoms with Gasteiger partial charge in [-0.25, -0.2) is 0 Å². The number of halogens is 3. The maximum atomic E-state index is 12.2. The normalized spacial score (nSPS) is 12.2. The number of nitrogens with one attached hydrogen (secondary N) is 1. The van der Waals surface area contributed by atoms with Crippen LogP contribution in [0.5, 0.6) is 5.75 Å². The van der Waals surface area contributed by atoms with E-state index in [9.17, 15) is 18.0 Å². The third kappa shape index (κ3) is 5.63. The summed E-state index contributed by atoms with van der Waals surface area (Å²) >= 11 is 0. The number of alkyl halides is 3. The van der Waals surface area contributed by atoms with Crippen LogP contribution >= 0.6 is 0 Å². The van der Waals surface area contributed by atoms with Crippen LogP contribution in [0.2, 0.25) is 0 Å². The Bertz CT molecular complexity index is 476. The largest absolute Gasteiger partial charge is 0.573 e. The predicted molar refractivity (Wildman–Crippen MR) is 65.1 cm³/mol. The summed E-state index contributed by atoms with van der Waals surface area (Å²) in [6.45, 7) is 6.95. The Morgan fingerprint density at radius 3 is 2.21 bits per heavy atom. The SMILES string of the molecule is Cc1cc(OC(F)(F)F)cc(C(=O)NC(C)(C)C)c1. The first-order chi connectivity index (χ1) is 8.46. The Kier molecular flexibility index (Phi) is 4.12. The van der Waals surface area contributed by atoms with Gasteiger partial charge in [-0.15, -0.1) is 13.2 Å². The van der Waals surface area contributed by atoms with E-state index in [-0.39, 0.29) is 5.56 Å². The van der Waals surface area contributed by atoms with Crippen LogP contribution in [0, 0.1) is 6.92 Å². The molecule has 0 unspecified atom stereocenters. The Morgan fingerprint density at radius 2 is 1.74 bits per heavy atom. The van der Waals surface area contributed by atoms with Gasteiger partial charge in [-0.2, -0.15) is 0 Å². The van der Waals surface area contributed by atoms with Gasteiger partial charge >= 0.3 is 6.36 Å². The zero-order valence-electron chi connectivity index (χ0n) is 11.2. The second kappa shape index (κ2) is 5.11. The molecule has 0 saturated heterocycles. The Hall–Kier alpha value is -1.72. The van der Waals surface area contributed by atoms with Crippen molar-refractivity contribution >= 4 is 5.91 Å². The van der Waals surface area contributed by atoms with Gasteiger partial charge in [0.2, 0.25) is 0 Å². The van der Waals surface area contributed by atoms with Crippen LogP contribution in [0.1, 0.15) is 36.7 Å². The predicted octanol–water partition coefficient (Wildman–Crippen LogP) is 3.42. The van der Waals surface area contributed by atoms with Crippen molar-refractivity contribution in [3.8, 4) is 5.75 Å². The number of hydrogen-bond donors (Lipinski definition) is 1. The number of rotatable bonds is 2. The van der Waals surface area contributed by atoms with Crippen LogP contribution in [-0.4, -0.2) is 17.8 Å². The Morgan fingerprint density at radius 1 is 1.16 bits per heavy atom. The van der Waals surface area contributed by atoms with E-state index in [0.29, 0.717) is 5.56 Å². The molecule has 0 aliphatic heterocycles. The molecule has 6 heteroatoms. The summed E-state index contributed by atoms with van der Waals surface area (Å²) in [4.78, 5) is 11.9. The summed E-state index contributed by atoms with van der Waals surface area (Å²) in [6.07, 6.45) is -4.77. The van der Waals surface area contributed by atoms with Crippen molar-refractivity contribution in [1.82, 2.24) is 5.32 Å². The number of hydrogen-bond acceptors (Lipinski definition) is 2. The third-order valence-electron chi connectivity index (χ3n) is 2.04. The number of carbonyl (C=O) groups is 1. The summed E-state index contributed by atoms with van der Waals surface area (Å²) < 4.78 is 40.3. The number of carbonyl (C=O) groups excluding carboxylic acids is 1. The molecule has 0 spiro atoms. The first-order valence-corrected chi connectivity index (χ1v) is 5.66. The topological polar surface area (TPSA) is 38.3 Å². The molecule has 1 aromatic rings. The van der Waals surface area contributed by atoms with Crippen LogP contribution in [0.15, 0.2) is 18.2 Å². The maximum Gasteiger partial charge on any atom is 0.573 e. The van der Waals surface area contributed by atoms with Crippen molar-refractivity contribution < 1.29 is 22.7 Å². The lowest BCUT2D eigenvalue weighted by molar-refractivity contribution is -0.274. The molecule has 0 bridgehead atoms. The zero-order chi connectivity index (χ0) is 14.8. The van der Waals surface area contributed by atoms with Crippen LogP contribution in [0.3, 0.4) is 0 Å². The molecule has 0 radical (unpaired) electrons. The van der Waals surface area contributed by atoms with Crippen LogP contribution in [0.4, 0.5) is 13.2 Å². The summed E-state index contributed by atoms with van der Waals surface area (Å²) in [7, 11) is 0. The van der Waals surface area contributed by atoms with Gasteiger partial charge in [-0.3, -0.25) is 4.79 Å². The quantitative estimate of drug-likeness (QED) is 0.898. The van der Waals surface area contributed by atoms with E-state index in [0.717, 1.165) is 6.07 Å². The van der Waals surface area contributed by atoms with E-state index in [4.69, 9.17) is 0 Å². The molecule has 1 N–H and O–H groups in total. The van der Waals surface area contributed by atoms with Crippen LogP contribution < -0.4 is 10.1 Å². The molecule has 1 amide bonds. The summed E-state index contributed by atoms with van der Waals surface area (Å²) in [5.74, 6) is -0.838. The van der Waals surface area contributed by atoms with Crippen LogP contribution in [-0.2, 0) is 0 Å². The average Bonchev–Trinajstić information content (AvgIpc) is 2.10. The van der Waals surface area contributed by atoms with Gasteiger partial charge in [0.05, 0.1) is 0 Å². The molecule has 0 saturated carbocycles. The summed E-state index contributed by atoms with van der Waals surface area (Å²) in [5, 5.41) is 2.68. The highest BCUT2D eigenvalue weighted by molar-refractivity contribution is 5.95. The molecule has 1 rings (SSSR count). The van der Waals surface area contributed by atoms with E-state index in [1.54, 1.807) is 27.7 Å². The lowest BCUT2D eigenvalue weighted by atomic mass is 10.1. The monoisotopic (exact) mass is 275 g/mol. The first kappa shape index (κ1) is 15.3. The number of benzene rings is 1. The van der Waals surface area contributed by atoms with Crippen molar-refractivity contribution in [3.05, 3.63) is 29.3 Å². The number of ether oxygens (including phenoxy) is 1. The molecule has 0 aliphatic carbocycles. The average molecular weight is 275 g/mol. The smallest absolute Gasteiger partial charge is 0.406 e. The molecule has 1 aromatic carbocycles. The highest BCUT2D eigenvalue weighted by Gasteiger charge is 2.31. The second-order valence-electron chi connectivity index (χ2n) is 5.29. The van der Waals surface area contributed by atoms with E-state index in [1.807, 2.05) is 0 Å². The zero-order valence-corrected chi connectivity index (χ0v) is 11.2. The third-order valence-corrected chi connectivity index (χ3v) is 2.04. The minimum absolute atomic E-state index is 0.133. The van der Waals surface area contributed by atoms with Crippen molar-refractivity contribution in [2.75, 3.05) is 0 Å². The van der Waals surface area contributed by atoms with Crippen LogP contribution in [0.25, 0.3) is 0 Å². The fourth-order valence-corrected chi connectivity index (χ4v) is 1.48. The molecule has 0 atom stereocenters. The molecular formula is C13H16F3NO2. The lowest BCUT2D eigenvalue weighted by Crippen LogP contribution is -2.40. The van der Waals surface area contributed by atoms with Gasteiger partial charge in [0.15, 0.2) is 0 Å². The molecular weight excluding hydrogens is 259 g/mol. The van der Waals surface area contributed by atoms with E-state index >= 15 is 0 Å². The van der Waals surface area contributed by atoms with Gasteiger partial charge in [0.1, 0.15) is 5.75 Å². The van der Waals surface area contributed by atoms with Gasteiger partial charge < -0.3 is 10.1 Å². The fourth-order valence-electron chi connectivity index (χ4n) is 1.48. The summed E-state index contributed by atoms with van der Waals surface area (Å²) in [5.41, 5.74) is 0.182. The first-order valence-electron chi connectivity index (χ1n) is 5.66. The van der Waals surface area contributed by atoms with Crippen molar-refractivity contribution in [2.45, 2.75) is 39.6 Å². The molecule has 106 valence electrons. The second-order valence-corrected chi connectivity index (χ2v) is 5.29. The minimum atomic E-state index is -4.77. The van der Waals surface area contributed by atoms with E-state index < -0.39 is 23.6 Å². The lowest BCUT2D eigenvalue weighted by Gasteiger charge is -2.21. The maximum absolute atomic E-state index is 12.2. The Balaban J connectivity index is 3.00. The van der Waals surface area contributed by atoms with Gasteiger partial charge in [0.25, 0.3) is 5.91 Å². The number of amides is 1. The molecule has 19 heavy (non-hydrogen) atoms. The molecule has 3 nitrogen and oxygen atoms in total. The standard InChI is InChI=1S/C13H16F3NO2/c1-8-5-9(11(18)17-12(2,3)4)7-10(6-8)19-13(14,15)16/h5-7H,1-4H3,(H,17,18). The highest BCUT2D eigenvalue weighted by Crippen LogP contribution is 2.25. The molecule has 0 fully saturated rings. The van der Waals surface area contributed by atoms with Gasteiger partial charge in [-0.1, -0.05) is 0 Å². The minimum Gasteiger partial charge on any atom is -0.406 e. The van der Waals surface area contributed by atoms with Crippen molar-refractivity contribution in [3.63, 3.8) is 0 Å². The van der Waals surface area contributed by atoms with Gasteiger partial charge in [0, 0.05) is 11.1 Å². The Labute approximate surface area is 109 Å². The number of aryl methyl sites for hydroxylation is 1. The van der Waals surface area contributed by atoms with Crippen molar-refractivity contribution in [2.24, 2.45) is 0 Å². The van der Waals surface area contributed by atoms with E-state index in [2.05, 4.69) is 10.1 Å². The highest BCUT2D eigenvalue weighted by atomic mass is 19.4. The van der Waals surface area contributed by atoms with E-state index in [1.165, 1.54) is 12.1 Å². The van der Waals surface area contributed by atoms with Crippen molar-refractivity contribution in [1.29, 1.82) is 0 Å². The fraction of sp³-hybridized carbons (Fsp3) is 0.462. The molecule has 0 heterocycles. The molecule has 0 aliphatic rings. The summed E-state index contributed by atoms with van der Waals surface area (Å²) in [6, 6.07) is 3.80.